The number of anilines is 1. The lowest BCUT2D eigenvalue weighted by molar-refractivity contribution is 0.0527. The average Bonchev–Trinajstić information content (AvgIpc) is 2.39. The summed E-state index contributed by atoms with van der Waals surface area (Å²) in [6, 6.07) is 6.07. The van der Waals surface area contributed by atoms with Crippen LogP contribution >= 0.6 is 11.6 Å². The molecule has 0 amide bonds. The van der Waals surface area contributed by atoms with Gasteiger partial charge in [-0.2, -0.15) is 0 Å². The third-order valence-corrected chi connectivity index (χ3v) is 3.67. The lowest BCUT2D eigenvalue weighted by Gasteiger charge is -2.34. The largest absolute Gasteiger partial charge is 0.377 e. The molecule has 1 aromatic carbocycles. The van der Waals surface area contributed by atoms with Crippen molar-refractivity contribution in [2.45, 2.75) is 32.4 Å². The molecule has 0 bridgehead atoms. The Kier molecular flexibility index (Phi) is 4.87. The van der Waals surface area contributed by atoms with Crippen LogP contribution in [0.4, 0.5) is 5.69 Å². The molecule has 1 saturated heterocycles. The van der Waals surface area contributed by atoms with Crippen LogP contribution in [0.5, 0.6) is 0 Å². The van der Waals surface area contributed by atoms with Crippen LogP contribution in [0.1, 0.15) is 25.3 Å². The monoisotopic (exact) mass is 268 g/mol. The summed E-state index contributed by atoms with van der Waals surface area (Å²) in [6.07, 6.45) is 2.62. The summed E-state index contributed by atoms with van der Waals surface area (Å²) in [5.41, 5.74) is 7.78. The topological polar surface area (TPSA) is 38.5 Å². The van der Waals surface area contributed by atoms with E-state index in [2.05, 4.69) is 11.0 Å². The number of halogens is 1. The van der Waals surface area contributed by atoms with Crippen LogP contribution in [-0.2, 0) is 11.3 Å². The number of rotatable bonds is 4. The fourth-order valence-corrected chi connectivity index (χ4v) is 2.79. The molecule has 0 saturated carbocycles. The number of hydrogen-bond donors (Lipinski definition) is 1. The summed E-state index contributed by atoms with van der Waals surface area (Å²) in [6.45, 7) is 5.32. The third-order valence-electron chi connectivity index (χ3n) is 3.37. The quantitative estimate of drug-likeness (QED) is 0.913. The molecule has 0 aromatic heterocycles. The summed E-state index contributed by atoms with van der Waals surface area (Å²) in [5.74, 6) is 0. The number of nitrogens with two attached hydrogens (primary N) is 1. The zero-order valence-corrected chi connectivity index (χ0v) is 11.6. The van der Waals surface area contributed by atoms with Crippen molar-refractivity contribution in [3.05, 3.63) is 28.8 Å². The maximum absolute atomic E-state index is 6.33. The molecule has 1 unspecified atom stereocenters. The van der Waals surface area contributed by atoms with Gasteiger partial charge in [0.25, 0.3) is 0 Å². The van der Waals surface area contributed by atoms with Gasteiger partial charge in [0.05, 0.1) is 16.8 Å². The third kappa shape index (κ3) is 3.16. The van der Waals surface area contributed by atoms with Crippen molar-refractivity contribution < 1.29 is 4.74 Å². The van der Waals surface area contributed by atoms with Gasteiger partial charge in [0, 0.05) is 26.2 Å². The molecule has 2 N–H and O–H groups in total. The molecule has 1 heterocycles. The first-order valence-corrected chi connectivity index (χ1v) is 6.97. The predicted molar refractivity (Wildman–Crippen MR) is 76.2 cm³/mol. The second-order valence-electron chi connectivity index (χ2n) is 4.66. The Morgan fingerprint density at radius 1 is 1.50 bits per heavy atom. The van der Waals surface area contributed by atoms with E-state index in [4.69, 9.17) is 22.1 Å². The highest BCUT2D eigenvalue weighted by Crippen LogP contribution is 2.29. The molecule has 18 heavy (non-hydrogen) atoms. The molecule has 3 nitrogen and oxygen atoms in total. The van der Waals surface area contributed by atoms with Crippen LogP contribution in [0.3, 0.4) is 0 Å². The Morgan fingerprint density at radius 3 is 3.00 bits per heavy atom. The van der Waals surface area contributed by atoms with E-state index in [1.807, 2.05) is 19.1 Å². The summed E-state index contributed by atoms with van der Waals surface area (Å²) in [5, 5.41) is 0.787. The predicted octanol–water partition coefficient (Wildman–Crippen LogP) is 2.80. The van der Waals surface area contributed by atoms with Gasteiger partial charge in [-0.05, 0) is 37.5 Å². The summed E-state index contributed by atoms with van der Waals surface area (Å²) in [7, 11) is 0. The normalized spacial score (nSPS) is 20.2. The Labute approximate surface area is 114 Å². The van der Waals surface area contributed by atoms with Gasteiger partial charge in [0.2, 0.25) is 0 Å². The van der Waals surface area contributed by atoms with Crippen LogP contribution in [0.15, 0.2) is 18.2 Å². The number of ether oxygens (including phenoxy) is 1. The van der Waals surface area contributed by atoms with E-state index in [1.54, 1.807) is 0 Å². The second kappa shape index (κ2) is 6.41. The first-order valence-electron chi connectivity index (χ1n) is 6.59. The lowest BCUT2D eigenvalue weighted by atomic mass is 10.1. The number of nitrogens with zero attached hydrogens (tertiary/aromatic N) is 1. The summed E-state index contributed by atoms with van der Waals surface area (Å²) >= 11 is 6.33. The second-order valence-corrected chi connectivity index (χ2v) is 5.06. The fourth-order valence-electron chi connectivity index (χ4n) is 2.46. The SMILES string of the molecule is CCOC1CCCN(c2ccc(CN)cc2Cl)C1. The molecular weight excluding hydrogens is 248 g/mol. The van der Waals surface area contributed by atoms with E-state index in [0.29, 0.717) is 12.6 Å². The number of piperidine rings is 1. The Balaban J connectivity index is 2.10. The summed E-state index contributed by atoms with van der Waals surface area (Å²) in [4.78, 5) is 2.31. The molecule has 0 aliphatic carbocycles. The highest BCUT2D eigenvalue weighted by Gasteiger charge is 2.21. The van der Waals surface area contributed by atoms with Gasteiger partial charge >= 0.3 is 0 Å². The zero-order valence-electron chi connectivity index (χ0n) is 10.9. The first-order chi connectivity index (χ1) is 8.74. The maximum atomic E-state index is 6.33. The van der Waals surface area contributed by atoms with Crippen LogP contribution in [0.2, 0.25) is 5.02 Å². The van der Waals surface area contributed by atoms with Crippen molar-refractivity contribution >= 4 is 17.3 Å². The molecule has 0 radical (unpaired) electrons. The first kappa shape index (κ1) is 13.7. The van der Waals surface area contributed by atoms with Gasteiger partial charge in [-0.15, -0.1) is 0 Å². The van der Waals surface area contributed by atoms with Crippen molar-refractivity contribution in [1.82, 2.24) is 0 Å². The Morgan fingerprint density at radius 2 is 2.33 bits per heavy atom. The minimum absolute atomic E-state index is 0.328. The van der Waals surface area contributed by atoms with Gasteiger partial charge in [-0.3, -0.25) is 0 Å². The minimum Gasteiger partial charge on any atom is -0.377 e. The highest BCUT2D eigenvalue weighted by molar-refractivity contribution is 6.33. The van der Waals surface area contributed by atoms with Crippen LogP contribution in [0.25, 0.3) is 0 Å². The molecule has 100 valence electrons. The Bertz CT molecular complexity index is 395. The fraction of sp³-hybridized carbons (Fsp3) is 0.571. The molecule has 1 aromatic rings. The molecule has 1 atom stereocenters. The van der Waals surface area contributed by atoms with Crippen molar-refractivity contribution in [3.8, 4) is 0 Å². The molecular formula is C14H21ClN2O. The molecule has 1 aliphatic heterocycles. The Hall–Kier alpha value is -0.770. The van der Waals surface area contributed by atoms with Gasteiger partial charge in [0.15, 0.2) is 0 Å². The van der Waals surface area contributed by atoms with Crippen molar-refractivity contribution in [3.63, 3.8) is 0 Å². The summed E-state index contributed by atoms with van der Waals surface area (Å²) < 4.78 is 5.71. The molecule has 2 rings (SSSR count). The van der Waals surface area contributed by atoms with Crippen LogP contribution < -0.4 is 10.6 Å². The van der Waals surface area contributed by atoms with Gasteiger partial charge < -0.3 is 15.4 Å². The van der Waals surface area contributed by atoms with Crippen molar-refractivity contribution in [2.24, 2.45) is 5.73 Å². The van der Waals surface area contributed by atoms with Gasteiger partial charge in [-0.25, -0.2) is 0 Å². The zero-order chi connectivity index (χ0) is 13.0. The van der Waals surface area contributed by atoms with E-state index < -0.39 is 0 Å². The van der Waals surface area contributed by atoms with E-state index in [1.165, 1.54) is 0 Å². The average molecular weight is 269 g/mol. The van der Waals surface area contributed by atoms with Gasteiger partial charge in [0.1, 0.15) is 0 Å². The van der Waals surface area contributed by atoms with E-state index >= 15 is 0 Å². The van der Waals surface area contributed by atoms with E-state index in [-0.39, 0.29) is 0 Å². The van der Waals surface area contributed by atoms with E-state index in [0.717, 1.165) is 48.8 Å². The number of benzene rings is 1. The lowest BCUT2D eigenvalue weighted by Crippen LogP contribution is -2.39. The van der Waals surface area contributed by atoms with Crippen molar-refractivity contribution in [1.29, 1.82) is 0 Å². The smallest absolute Gasteiger partial charge is 0.0750 e. The maximum Gasteiger partial charge on any atom is 0.0750 e. The number of hydrogen-bond acceptors (Lipinski definition) is 3. The van der Waals surface area contributed by atoms with Crippen molar-refractivity contribution in [2.75, 3.05) is 24.6 Å². The molecule has 4 heteroatoms. The molecule has 1 aliphatic rings. The van der Waals surface area contributed by atoms with Crippen LogP contribution in [0, 0.1) is 0 Å². The van der Waals surface area contributed by atoms with Crippen LogP contribution in [-0.4, -0.2) is 25.8 Å². The van der Waals surface area contributed by atoms with Gasteiger partial charge in [-0.1, -0.05) is 17.7 Å². The minimum atomic E-state index is 0.328. The van der Waals surface area contributed by atoms with E-state index in [9.17, 15) is 0 Å². The molecule has 0 spiro atoms. The molecule has 1 fully saturated rings. The standard InChI is InChI=1S/C14H21ClN2O/c1-2-18-12-4-3-7-17(10-12)14-6-5-11(9-16)8-13(14)15/h5-6,8,12H,2-4,7,9-10,16H2,1H3. The highest BCUT2D eigenvalue weighted by atomic mass is 35.5.